The van der Waals surface area contributed by atoms with E-state index in [4.69, 9.17) is 0 Å². The van der Waals surface area contributed by atoms with E-state index < -0.39 is 0 Å². The van der Waals surface area contributed by atoms with E-state index in [1.807, 2.05) is 10.7 Å². The number of hydrogen-bond donors (Lipinski definition) is 0. The molecule has 0 aliphatic carbocycles. The first-order valence-corrected chi connectivity index (χ1v) is 8.78. The smallest absolute Gasteiger partial charge is 0.271 e. The van der Waals surface area contributed by atoms with Crippen LogP contribution in [-0.4, -0.2) is 50.7 Å². The summed E-state index contributed by atoms with van der Waals surface area (Å²) in [4.78, 5) is 15.4. The van der Waals surface area contributed by atoms with Gasteiger partial charge in [-0.15, -0.1) is 0 Å². The highest BCUT2D eigenvalue weighted by atomic mass is 16.6. The number of nitro groups is 1. The predicted molar refractivity (Wildman–Crippen MR) is 99.7 cm³/mol. The standard InChI is InChI=1S/C19H21N5O2/c25-24(26)18-7-6-17-13-20-23(19(17)12-18)15-22-10-8-21(9-11-22)14-16-4-2-1-3-5-16/h1-7,12-13H,8-11,14-15H2. The monoisotopic (exact) mass is 351 g/mol. The average molecular weight is 351 g/mol. The van der Waals surface area contributed by atoms with Crippen molar-refractivity contribution < 1.29 is 4.92 Å². The predicted octanol–water partition coefficient (Wildman–Crippen LogP) is 2.72. The van der Waals surface area contributed by atoms with Crippen LogP contribution in [0.25, 0.3) is 10.9 Å². The van der Waals surface area contributed by atoms with Gasteiger partial charge in [-0.05, 0) is 11.6 Å². The summed E-state index contributed by atoms with van der Waals surface area (Å²) in [5.74, 6) is 0. The maximum Gasteiger partial charge on any atom is 0.271 e. The second-order valence-electron chi connectivity index (χ2n) is 6.67. The minimum absolute atomic E-state index is 0.104. The summed E-state index contributed by atoms with van der Waals surface area (Å²) in [6.45, 7) is 5.57. The van der Waals surface area contributed by atoms with Crippen LogP contribution in [0.4, 0.5) is 5.69 Å². The van der Waals surface area contributed by atoms with Crippen molar-refractivity contribution in [3.63, 3.8) is 0 Å². The Balaban J connectivity index is 1.39. The molecule has 3 aromatic rings. The van der Waals surface area contributed by atoms with Gasteiger partial charge in [0.2, 0.25) is 0 Å². The number of hydrogen-bond acceptors (Lipinski definition) is 5. The van der Waals surface area contributed by atoms with Crippen molar-refractivity contribution >= 4 is 16.6 Å². The Labute approximate surface area is 151 Å². The number of piperazine rings is 1. The van der Waals surface area contributed by atoms with Crippen molar-refractivity contribution in [1.82, 2.24) is 19.6 Å². The molecular formula is C19H21N5O2. The minimum Gasteiger partial charge on any atom is -0.297 e. The molecule has 4 rings (SSSR count). The molecule has 0 atom stereocenters. The summed E-state index contributed by atoms with van der Waals surface area (Å²) in [6.07, 6.45) is 1.77. The SMILES string of the molecule is O=[N+]([O-])c1ccc2cnn(CN3CCN(Cc4ccccc4)CC3)c2c1. The average Bonchev–Trinajstić information content (AvgIpc) is 3.06. The highest BCUT2D eigenvalue weighted by molar-refractivity contribution is 5.80. The lowest BCUT2D eigenvalue weighted by molar-refractivity contribution is -0.384. The number of non-ortho nitro benzene ring substituents is 1. The van der Waals surface area contributed by atoms with Gasteiger partial charge in [0.15, 0.2) is 0 Å². The number of aromatic nitrogens is 2. The maximum atomic E-state index is 11.0. The van der Waals surface area contributed by atoms with Gasteiger partial charge < -0.3 is 0 Å². The van der Waals surface area contributed by atoms with Crippen LogP contribution in [0.1, 0.15) is 5.56 Å². The molecule has 0 amide bonds. The third-order valence-corrected chi connectivity index (χ3v) is 4.89. The zero-order chi connectivity index (χ0) is 17.9. The normalized spacial score (nSPS) is 16.2. The highest BCUT2D eigenvalue weighted by Gasteiger charge is 2.18. The molecule has 26 heavy (non-hydrogen) atoms. The number of benzene rings is 2. The van der Waals surface area contributed by atoms with E-state index in [0.717, 1.165) is 43.6 Å². The van der Waals surface area contributed by atoms with Crippen LogP contribution < -0.4 is 0 Å². The molecule has 7 nitrogen and oxygen atoms in total. The molecule has 1 aliphatic heterocycles. The fourth-order valence-electron chi connectivity index (χ4n) is 3.41. The Hall–Kier alpha value is -2.77. The third kappa shape index (κ3) is 3.58. The topological polar surface area (TPSA) is 67.4 Å². The fourth-order valence-corrected chi connectivity index (χ4v) is 3.41. The van der Waals surface area contributed by atoms with Crippen molar-refractivity contribution in [2.75, 3.05) is 26.2 Å². The molecule has 1 saturated heterocycles. The Morgan fingerprint density at radius 2 is 1.73 bits per heavy atom. The van der Waals surface area contributed by atoms with E-state index in [0.29, 0.717) is 6.67 Å². The van der Waals surface area contributed by atoms with E-state index in [2.05, 4.69) is 39.2 Å². The van der Waals surface area contributed by atoms with Gasteiger partial charge in [-0.1, -0.05) is 30.3 Å². The molecule has 0 spiro atoms. The lowest BCUT2D eigenvalue weighted by Gasteiger charge is -2.34. The molecule has 1 fully saturated rings. The molecule has 0 N–H and O–H groups in total. The molecule has 2 heterocycles. The lowest BCUT2D eigenvalue weighted by Crippen LogP contribution is -2.46. The molecular weight excluding hydrogens is 330 g/mol. The molecule has 2 aromatic carbocycles. The van der Waals surface area contributed by atoms with Gasteiger partial charge in [0.1, 0.15) is 0 Å². The van der Waals surface area contributed by atoms with Crippen LogP contribution in [0.2, 0.25) is 0 Å². The van der Waals surface area contributed by atoms with Gasteiger partial charge in [-0.3, -0.25) is 24.6 Å². The van der Waals surface area contributed by atoms with Crippen LogP contribution in [0, 0.1) is 10.1 Å². The summed E-state index contributed by atoms with van der Waals surface area (Å²) in [5.41, 5.74) is 2.25. The molecule has 134 valence electrons. The first-order chi connectivity index (χ1) is 12.7. The molecule has 0 saturated carbocycles. The summed E-state index contributed by atoms with van der Waals surface area (Å²) in [7, 11) is 0. The molecule has 0 unspecified atom stereocenters. The number of nitro benzene ring substituents is 1. The Morgan fingerprint density at radius 1 is 1.00 bits per heavy atom. The number of fused-ring (bicyclic) bond motifs is 1. The minimum atomic E-state index is -0.362. The Morgan fingerprint density at radius 3 is 2.46 bits per heavy atom. The Bertz CT molecular complexity index is 901. The summed E-state index contributed by atoms with van der Waals surface area (Å²) >= 11 is 0. The fraction of sp³-hybridized carbons (Fsp3) is 0.316. The summed E-state index contributed by atoms with van der Waals surface area (Å²) < 4.78 is 1.86. The van der Waals surface area contributed by atoms with Gasteiger partial charge in [0, 0.05) is 50.2 Å². The van der Waals surface area contributed by atoms with Crippen molar-refractivity contribution in [3.05, 3.63) is 70.4 Å². The van der Waals surface area contributed by atoms with Gasteiger partial charge in [-0.25, -0.2) is 0 Å². The van der Waals surface area contributed by atoms with Crippen LogP contribution in [0.15, 0.2) is 54.7 Å². The molecule has 1 aromatic heterocycles. The summed E-state index contributed by atoms with van der Waals surface area (Å²) in [5, 5.41) is 16.4. The van der Waals surface area contributed by atoms with E-state index in [9.17, 15) is 10.1 Å². The van der Waals surface area contributed by atoms with Crippen molar-refractivity contribution in [1.29, 1.82) is 0 Å². The van der Waals surface area contributed by atoms with E-state index in [1.165, 1.54) is 11.6 Å². The highest BCUT2D eigenvalue weighted by Crippen LogP contribution is 2.21. The second-order valence-corrected chi connectivity index (χ2v) is 6.67. The quantitative estimate of drug-likeness (QED) is 0.522. The second kappa shape index (κ2) is 7.23. The van der Waals surface area contributed by atoms with Crippen LogP contribution in [0.3, 0.4) is 0 Å². The van der Waals surface area contributed by atoms with Crippen molar-refractivity contribution in [2.45, 2.75) is 13.2 Å². The molecule has 1 aliphatic rings. The molecule has 0 radical (unpaired) electrons. The summed E-state index contributed by atoms with van der Waals surface area (Å²) in [6, 6.07) is 15.4. The third-order valence-electron chi connectivity index (χ3n) is 4.89. The number of nitrogens with zero attached hydrogens (tertiary/aromatic N) is 5. The molecule has 7 heteroatoms. The van der Waals surface area contributed by atoms with Crippen LogP contribution in [-0.2, 0) is 13.2 Å². The zero-order valence-electron chi connectivity index (χ0n) is 14.5. The molecule has 0 bridgehead atoms. The van der Waals surface area contributed by atoms with Crippen LogP contribution in [0.5, 0.6) is 0 Å². The first-order valence-electron chi connectivity index (χ1n) is 8.78. The maximum absolute atomic E-state index is 11.0. The van der Waals surface area contributed by atoms with Gasteiger partial charge in [0.25, 0.3) is 5.69 Å². The largest absolute Gasteiger partial charge is 0.297 e. The van der Waals surface area contributed by atoms with Crippen molar-refractivity contribution in [3.8, 4) is 0 Å². The number of rotatable bonds is 5. The first kappa shape index (κ1) is 16.7. The van der Waals surface area contributed by atoms with Gasteiger partial charge in [0.05, 0.1) is 23.3 Å². The van der Waals surface area contributed by atoms with Crippen LogP contribution >= 0.6 is 0 Å². The van der Waals surface area contributed by atoms with Gasteiger partial charge in [-0.2, -0.15) is 5.10 Å². The van der Waals surface area contributed by atoms with E-state index in [-0.39, 0.29) is 10.6 Å². The van der Waals surface area contributed by atoms with Crippen molar-refractivity contribution in [2.24, 2.45) is 0 Å². The lowest BCUT2D eigenvalue weighted by atomic mass is 10.2. The zero-order valence-corrected chi connectivity index (χ0v) is 14.5. The van der Waals surface area contributed by atoms with E-state index in [1.54, 1.807) is 18.3 Å². The Kier molecular flexibility index (Phi) is 4.64. The van der Waals surface area contributed by atoms with E-state index >= 15 is 0 Å². The van der Waals surface area contributed by atoms with Gasteiger partial charge >= 0.3 is 0 Å².